The molecule has 0 saturated heterocycles. The van der Waals surface area contributed by atoms with Gasteiger partial charge in [0.2, 0.25) is 5.88 Å². The van der Waals surface area contributed by atoms with Gasteiger partial charge in [-0.05, 0) is 29.3 Å². The van der Waals surface area contributed by atoms with E-state index in [1.165, 1.54) is 0 Å². The predicted molar refractivity (Wildman–Crippen MR) is 77.4 cm³/mol. The number of nitriles is 1. The number of halogens is 2. The molecule has 0 atom stereocenters. The maximum Gasteiger partial charge on any atom is 0.214 e. The Balaban J connectivity index is 2.13. The van der Waals surface area contributed by atoms with Crippen LogP contribution in [0.2, 0.25) is 5.15 Å². The number of hydrogen-bond acceptors (Lipinski definition) is 3. The summed E-state index contributed by atoms with van der Waals surface area (Å²) in [7, 11) is 0. The fourth-order valence-electron chi connectivity index (χ4n) is 1.58. The minimum Gasteiger partial charge on any atom is -0.473 e. The molecule has 1 heterocycles. The Kier molecular flexibility index (Phi) is 4.78. The first-order chi connectivity index (χ1) is 9.22. The van der Waals surface area contributed by atoms with Gasteiger partial charge in [0.1, 0.15) is 11.8 Å². The van der Waals surface area contributed by atoms with Gasteiger partial charge in [0.05, 0.1) is 11.6 Å². The van der Waals surface area contributed by atoms with Crippen LogP contribution in [0.3, 0.4) is 0 Å². The smallest absolute Gasteiger partial charge is 0.214 e. The summed E-state index contributed by atoms with van der Waals surface area (Å²) in [6, 6.07) is 12.9. The molecule has 0 aliphatic rings. The highest BCUT2D eigenvalue weighted by Crippen LogP contribution is 2.18. The molecule has 0 unspecified atom stereocenters. The largest absolute Gasteiger partial charge is 0.473 e. The van der Waals surface area contributed by atoms with Crippen LogP contribution in [0, 0.1) is 11.3 Å². The molecule has 0 spiro atoms. The van der Waals surface area contributed by atoms with Crippen LogP contribution in [0.25, 0.3) is 0 Å². The van der Waals surface area contributed by atoms with Crippen LogP contribution in [0.1, 0.15) is 16.7 Å². The fraction of sp³-hybridized carbons (Fsp3) is 0.143. The highest BCUT2D eigenvalue weighted by atomic mass is 79.9. The van der Waals surface area contributed by atoms with E-state index in [1.807, 2.05) is 12.1 Å². The van der Waals surface area contributed by atoms with Crippen molar-refractivity contribution in [3.8, 4) is 11.9 Å². The van der Waals surface area contributed by atoms with Gasteiger partial charge in [-0.1, -0.05) is 39.7 Å². The van der Waals surface area contributed by atoms with Crippen LogP contribution in [0.4, 0.5) is 0 Å². The number of ether oxygens (including phenoxy) is 1. The van der Waals surface area contributed by atoms with Crippen LogP contribution in [0.15, 0.2) is 36.4 Å². The first-order valence-corrected chi connectivity index (χ1v) is 7.06. The molecule has 0 amide bonds. The second kappa shape index (κ2) is 6.55. The standard InChI is InChI=1S/C14H10BrClN2O/c15-7-12-6-10(8-17)4-5-11(12)9-19-14-3-1-2-13(16)18-14/h1-6H,7,9H2. The van der Waals surface area contributed by atoms with Crippen LogP contribution < -0.4 is 4.74 Å². The maximum absolute atomic E-state index is 8.87. The highest BCUT2D eigenvalue weighted by molar-refractivity contribution is 9.08. The topological polar surface area (TPSA) is 45.9 Å². The van der Waals surface area contributed by atoms with E-state index in [1.54, 1.807) is 24.3 Å². The summed E-state index contributed by atoms with van der Waals surface area (Å²) in [4.78, 5) is 4.06. The normalized spacial score (nSPS) is 9.95. The van der Waals surface area contributed by atoms with Crippen molar-refractivity contribution < 1.29 is 4.74 Å². The molecule has 19 heavy (non-hydrogen) atoms. The molecule has 1 aromatic heterocycles. The van der Waals surface area contributed by atoms with Crippen LogP contribution in [-0.4, -0.2) is 4.98 Å². The Labute approximate surface area is 124 Å². The minimum absolute atomic E-state index is 0.389. The number of hydrogen-bond donors (Lipinski definition) is 0. The Morgan fingerprint density at radius 2 is 2.11 bits per heavy atom. The molecule has 2 rings (SSSR count). The van der Waals surface area contributed by atoms with Gasteiger partial charge < -0.3 is 4.74 Å². The molecule has 0 saturated carbocycles. The lowest BCUT2D eigenvalue weighted by atomic mass is 10.1. The summed E-state index contributed by atoms with van der Waals surface area (Å²) in [6.45, 7) is 0.389. The molecule has 0 N–H and O–H groups in total. The van der Waals surface area contributed by atoms with Crippen LogP contribution in [0.5, 0.6) is 5.88 Å². The zero-order chi connectivity index (χ0) is 13.7. The second-order valence-corrected chi connectivity index (χ2v) is 4.76. The van der Waals surface area contributed by atoms with Gasteiger partial charge in [0, 0.05) is 11.4 Å². The van der Waals surface area contributed by atoms with Gasteiger partial charge in [0.15, 0.2) is 0 Å². The van der Waals surface area contributed by atoms with E-state index < -0.39 is 0 Å². The maximum atomic E-state index is 8.87. The summed E-state index contributed by atoms with van der Waals surface area (Å²) in [5.74, 6) is 0.484. The number of benzene rings is 1. The highest BCUT2D eigenvalue weighted by Gasteiger charge is 2.05. The van der Waals surface area contributed by atoms with Gasteiger partial charge >= 0.3 is 0 Å². The van der Waals surface area contributed by atoms with E-state index in [2.05, 4.69) is 27.0 Å². The minimum atomic E-state index is 0.389. The first kappa shape index (κ1) is 13.9. The molecule has 3 nitrogen and oxygen atoms in total. The quantitative estimate of drug-likeness (QED) is 0.624. The van der Waals surface area contributed by atoms with Crippen molar-refractivity contribution in [1.29, 1.82) is 5.26 Å². The van der Waals surface area contributed by atoms with Crippen LogP contribution in [-0.2, 0) is 11.9 Å². The lowest BCUT2D eigenvalue weighted by Crippen LogP contribution is -2.01. The molecule has 0 aliphatic heterocycles. The van der Waals surface area contributed by atoms with Gasteiger partial charge in [-0.25, -0.2) is 4.98 Å². The third-order valence-corrected chi connectivity index (χ3v) is 3.36. The molecular formula is C14H10BrClN2O. The number of rotatable bonds is 4. The zero-order valence-corrected chi connectivity index (χ0v) is 12.3. The Morgan fingerprint density at radius 1 is 1.26 bits per heavy atom. The number of pyridine rings is 1. The van der Waals surface area contributed by atoms with E-state index in [0.29, 0.717) is 28.5 Å². The Bertz CT molecular complexity index is 625. The molecular weight excluding hydrogens is 328 g/mol. The second-order valence-electron chi connectivity index (χ2n) is 3.82. The third kappa shape index (κ3) is 3.69. The summed E-state index contributed by atoms with van der Waals surface area (Å²) < 4.78 is 5.59. The van der Waals surface area contributed by atoms with Crippen molar-refractivity contribution in [3.05, 3.63) is 58.2 Å². The Hall–Kier alpha value is -1.57. The monoisotopic (exact) mass is 336 g/mol. The average molecular weight is 338 g/mol. The zero-order valence-electron chi connectivity index (χ0n) is 9.94. The average Bonchev–Trinajstić information content (AvgIpc) is 2.45. The molecule has 0 radical (unpaired) electrons. The van der Waals surface area contributed by atoms with Crippen molar-refractivity contribution in [2.45, 2.75) is 11.9 Å². The van der Waals surface area contributed by atoms with Crippen molar-refractivity contribution >= 4 is 27.5 Å². The SMILES string of the molecule is N#Cc1ccc(COc2cccc(Cl)n2)c(CBr)c1. The van der Waals surface area contributed by atoms with Gasteiger partial charge in [-0.2, -0.15) is 5.26 Å². The van der Waals surface area contributed by atoms with E-state index >= 15 is 0 Å². The third-order valence-electron chi connectivity index (χ3n) is 2.54. The fourth-order valence-corrected chi connectivity index (χ4v) is 2.26. The van der Waals surface area contributed by atoms with Gasteiger partial charge in [0.25, 0.3) is 0 Å². The lowest BCUT2D eigenvalue weighted by molar-refractivity contribution is 0.293. The van der Waals surface area contributed by atoms with Gasteiger partial charge in [-0.3, -0.25) is 0 Å². The summed E-state index contributed by atoms with van der Waals surface area (Å²) in [5.41, 5.74) is 2.68. The number of alkyl halides is 1. The summed E-state index contributed by atoms with van der Waals surface area (Å²) in [6.07, 6.45) is 0. The Morgan fingerprint density at radius 3 is 2.79 bits per heavy atom. The number of aromatic nitrogens is 1. The first-order valence-electron chi connectivity index (χ1n) is 5.56. The van der Waals surface area contributed by atoms with Crippen molar-refractivity contribution in [3.63, 3.8) is 0 Å². The van der Waals surface area contributed by atoms with Crippen LogP contribution >= 0.6 is 27.5 Å². The number of nitrogens with zero attached hydrogens (tertiary/aromatic N) is 2. The van der Waals surface area contributed by atoms with Gasteiger partial charge in [-0.15, -0.1) is 0 Å². The van der Waals surface area contributed by atoms with Crippen molar-refractivity contribution in [2.75, 3.05) is 0 Å². The summed E-state index contributed by atoms with van der Waals surface area (Å²) in [5, 5.41) is 9.94. The molecule has 0 fully saturated rings. The van der Waals surface area contributed by atoms with Crippen molar-refractivity contribution in [1.82, 2.24) is 4.98 Å². The molecule has 0 aliphatic carbocycles. The molecule has 1 aromatic carbocycles. The molecule has 0 bridgehead atoms. The van der Waals surface area contributed by atoms with Crippen molar-refractivity contribution in [2.24, 2.45) is 0 Å². The van der Waals surface area contributed by atoms with E-state index in [9.17, 15) is 0 Å². The molecule has 5 heteroatoms. The predicted octanol–water partition coefficient (Wildman–Crippen LogP) is 4.08. The lowest BCUT2D eigenvalue weighted by Gasteiger charge is -2.09. The molecule has 2 aromatic rings. The van der Waals surface area contributed by atoms with E-state index in [0.717, 1.165) is 11.1 Å². The van der Waals surface area contributed by atoms with E-state index in [4.69, 9.17) is 21.6 Å². The molecule has 96 valence electrons. The summed E-state index contributed by atoms with van der Waals surface area (Å²) >= 11 is 9.20. The van der Waals surface area contributed by atoms with E-state index in [-0.39, 0.29) is 0 Å².